The highest BCUT2D eigenvalue weighted by Gasteiger charge is 2.27. The van der Waals surface area contributed by atoms with Crippen molar-refractivity contribution in [2.24, 2.45) is 0 Å². The maximum Gasteiger partial charge on any atom is 0.251 e. The number of amides is 1. The molecule has 0 spiro atoms. The molecular weight excluding hydrogens is 370 g/mol. The minimum absolute atomic E-state index is 0.0426. The van der Waals surface area contributed by atoms with Crippen molar-refractivity contribution in [3.05, 3.63) is 48.5 Å². The Hall–Kier alpha value is -3.20. The van der Waals surface area contributed by atoms with Crippen LogP contribution in [0.5, 0.6) is 0 Å². The quantitative estimate of drug-likeness (QED) is 0.707. The van der Waals surface area contributed by atoms with Gasteiger partial charge in [-0.2, -0.15) is 0 Å². The fraction of sp³-hybridized carbons (Fsp3) is 0.400. The maximum atomic E-state index is 12.7. The van der Waals surface area contributed by atoms with Crippen LogP contribution in [0.25, 0.3) is 5.65 Å². The van der Waals surface area contributed by atoms with Gasteiger partial charge >= 0.3 is 0 Å². The van der Waals surface area contributed by atoms with E-state index in [4.69, 9.17) is 4.74 Å². The second-order valence-electron chi connectivity index (χ2n) is 7.36. The van der Waals surface area contributed by atoms with Gasteiger partial charge in [0.15, 0.2) is 5.82 Å². The number of carbonyl (C=O) groups excluding carboxylic acids is 1. The van der Waals surface area contributed by atoms with Crippen molar-refractivity contribution in [3.63, 3.8) is 0 Å². The molecule has 4 heterocycles. The molecule has 1 unspecified atom stereocenters. The van der Waals surface area contributed by atoms with Gasteiger partial charge in [-0.25, -0.2) is 4.98 Å². The number of fused-ring (bicyclic) bond motifs is 1. The molecule has 5 rings (SSSR count). The summed E-state index contributed by atoms with van der Waals surface area (Å²) in [7, 11) is 0. The highest BCUT2D eigenvalue weighted by Crippen LogP contribution is 2.22. The number of aromatic nitrogens is 4. The van der Waals surface area contributed by atoms with Gasteiger partial charge in [0.1, 0.15) is 6.33 Å². The lowest BCUT2D eigenvalue weighted by molar-refractivity contribution is 0.0940. The summed E-state index contributed by atoms with van der Waals surface area (Å²) in [5, 5.41) is 11.3. The van der Waals surface area contributed by atoms with Gasteiger partial charge in [-0.1, -0.05) is 0 Å². The topological polar surface area (TPSA) is 87.9 Å². The molecule has 1 N–H and O–H groups in total. The molecule has 2 aliphatic rings. The van der Waals surface area contributed by atoms with Crippen LogP contribution in [-0.4, -0.2) is 70.9 Å². The van der Waals surface area contributed by atoms with E-state index in [1.807, 2.05) is 34.9 Å². The number of rotatable bonds is 4. The molecule has 2 aromatic heterocycles. The fourth-order valence-electron chi connectivity index (χ4n) is 3.95. The van der Waals surface area contributed by atoms with Crippen molar-refractivity contribution in [3.8, 4) is 0 Å². The molecule has 1 amide bonds. The molecule has 150 valence electrons. The Morgan fingerprint density at radius 1 is 1.10 bits per heavy atom. The van der Waals surface area contributed by atoms with Gasteiger partial charge in [0, 0.05) is 55.9 Å². The molecule has 3 aromatic rings. The molecule has 0 radical (unpaired) electrons. The fourth-order valence-corrected chi connectivity index (χ4v) is 3.95. The lowest BCUT2D eigenvalue weighted by atomic mass is 10.1. The summed E-state index contributed by atoms with van der Waals surface area (Å²) in [6.45, 7) is 4.79. The second kappa shape index (κ2) is 7.67. The Morgan fingerprint density at radius 3 is 2.76 bits per heavy atom. The van der Waals surface area contributed by atoms with Crippen molar-refractivity contribution in [2.75, 3.05) is 49.2 Å². The highest BCUT2D eigenvalue weighted by molar-refractivity contribution is 5.94. The molecule has 9 nitrogen and oxygen atoms in total. The lowest BCUT2D eigenvalue weighted by Crippen LogP contribution is -2.37. The third-order valence-corrected chi connectivity index (χ3v) is 5.53. The van der Waals surface area contributed by atoms with Crippen molar-refractivity contribution in [1.29, 1.82) is 0 Å². The maximum absolute atomic E-state index is 12.7. The Labute approximate surface area is 168 Å². The third-order valence-electron chi connectivity index (χ3n) is 5.53. The first-order chi connectivity index (χ1) is 14.3. The average Bonchev–Trinajstić information content (AvgIpc) is 3.44. The minimum atomic E-state index is -0.0426. The third kappa shape index (κ3) is 3.61. The largest absolute Gasteiger partial charge is 0.378 e. The van der Waals surface area contributed by atoms with Crippen molar-refractivity contribution in [1.82, 2.24) is 24.9 Å². The summed E-state index contributed by atoms with van der Waals surface area (Å²) >= 11 is 0. The Morgan fingerprint density at radius 2 is 1.93 bits per heavy atom. The lowest BCUT2D eigenvalue weighted by Gasteiger charge is -2.28. The summed E-state index contributed by atoms with van der Waals surface area (Å²) in [6, 6.07) is 7.89. The van der Waals surface area contributed by atoms with E-state index in [0.29, 0.717) is 12.1 Å². The van der Waals surface area contributed by atoms with Crippen LogP contribution in [-0.2, 0) is 4.74 Å². The van der Waals surface area contributed by atoms with E-state index in [9.17, 15) is 4.79 Å². The van der Waals surface area contributed by atoms with Gasteiger partial charge in [0.05, 0.1) is 13.2 Å². The first-order valence-corrected chi connectivity index (χ1v) is 9.91. The van der Waals surface area contributed by atoms with Crippen LogP contribution in [0.4, 0.5) is 11.5 Å². The van der Waals surface area contributed by atoms with E-state index in [-0.39, 0.29) is 11.9 Å². The normalized spacial score (nSPS) is 19.7. The molecule has 0 aliphatic carbocycles. The van der Waals surface area contributed by atoms with Crippen LogP contribution in [0.15, 0.2) is 43.0 Å². The summed E-state index contributed by atoms with van der Waals surface area (Å²) in [4.78, 5) is 21.6. The van der Waals surface area contributed by atoms with Gasteiger partial charge < -0.3 is 19.9 Å². The van der Waals surface area contributed by atoms with Crippen LogP contribution >= 0.6 is 0 Å². The zero-order valence-corrected chi connectivity index (χ0v) is 16.1. The van der Waals surface area contributed by atoms with Crippen LogP contribution in [0.2, 0.25) is 0 Å². The number of hydrogen-bond donors (Lipinski definition) is 1. The molecule has 9 heteroatoms. The zero-order valence-electron chi connectivity index (χ0n) is 16.1. The summed E-state index contributed by atoms with van der Waals surface area (Å²) in [5.74, 6) is 0.760. The monoisotopic (exact) mass is 393 g/mol. The molecule has 0 saturated carbocycles. The van der Waals surface area contributed by atoms with E-state index < -0.39 is 0 Å². The zero-order chi connectivity index (χ0) is 19.6. The second-order valence-corrected chi connectivity index (χ2v) is 7.36. The van der Waals surface area contributed by atoms with E-state index in [2.05, 4.69) is 30.3 Å². The van der Waals surface area contributed by atoms with E-state index in [0.717, 1.165) is 56.4 Å². The molecule has 2 aliphatic heterocycles. The Bertz CT molecular complexity index is 997. The van der Waals surface area contributed by atoms with Crippen molar-refractivity contribution < 1.29 is 9.53 Å². The molecular formula is C20H23N7O2. The summed E-state index contributed by atoms with van der Waals surface area (Å²) < 4.78 is 7.25. The first kappa shape index (κ1) is 17.9. The smallest absolute Gasteiger partial charge is 0.251 e. The molecule has 1 atom stereocenters. The van der Waals surface area contributed by atoms with E-state index >= 15 is 0 Å². The number of hydrogen-bond acceptors (Lipinski definition) is 7. The first-order valence-electron chi connectivity index (χ1n) is 9.91. The predicted molar refractivity (Wildman–Crippen MR) is 108 cm³/mol. The summed E-state index contributed by atoms with van der Waals surface area (Å²) in [6.07, 6.45) is 6.10. The van der Waals surface area contributed by atoms with Gasteiger partial charge in [-0.3, -0.25) is 9.20 Å². The van der Waals surface area contributed by atoms with Crippen LogP contribution in [0.3, 0.4) is 0 Å². The molecule has 0 bridgehead atoms. The Balaban J connectivity index is 1.22. The molecule has 1 aromatic carbocycles. The van der Waals surface area contributed by atoms with Crippen molar-refractivity contribution >= 4 is 23.1 Å². The van der Waals surface area contributed by atoms with Crippen LogP contribution in [0, 0.1) is 0 Å². The van der Waals surface area contributed by atoms with Gasteiger partial charge in [-0.05, 0) is 30.7 Å². The highest BCUT2D eigenvalue weighted by atomic mass is 16.5. The number of benzene rings is 1. The number of carbonyl (C=O) groups is 1. The van der Waals surface area contributed by atoms with Gasteiger partial charge in [-0.15, -0.1) is 10.2 Å². The van der Waals surface area contributed by atoms with E-state index in [1.54, 1.807) is 12.5 Å². The average molecular weight is 393 g/mol. The number of nitrogens with zero attached hydrogens (tertiary/aromatic N) is 6. The number of morpholine rings is 1. The predicted octanol–water partition coefficient (Wildman–Crippen LogP) is 0.970. The van der Waals surface area contributed by atoms with E-state index in [1.165, 1.54) is 0 Å². The Kier molecular flexibility index (Phi) is 4.73. The standard InChI is InChI=1S/C20H23N7O2/c28-20(15-1-3-17(4-2-15)25-9-11-29-12-10-25)23-16-5-7-26(13-16)18-19-24-22-14-27(19)8-6-21-18/h1-4,6,8,14,16H,5,7,9-13H2,(H,23,28). The van der Waals surface area contributed by atoms with Crippen LogP contribution < -0.4 is 15.1 Å². The summed E-state index contributed by atoms with van der Waals surface area (Å²) in [5.41, 5.74) is 2.54. The van der Waals surface area contributed by atoms with Crippen molar-refractivity contribution in [2.45, 2.75) is 12.5 Å². The number of anilines is 2. The number of ether oxygens (including phenoxy) is 1. The SMILES string of the molecule is O=C(NC1CCN(c2nccn3cnnc23)C1)c1ccc(N2CCOCC2)cc1. The van der Waals surface area contributed by atoms with Gasteiger partial charge in [0.25, 0.3) is 5.91 Å². The molecule has 2 fully saturated rings. The minimum Gasteiger partial charge on any atom is -0.378 e. The number of nitrogens with one attached hydrogen (secondary N) is 1. The molecule has 29 heavy (non-hydrogen) atoms. The van der Waals surface area contributed by atoms with Gasteiger partial charge in [0.2, 0.25) is 5.65 Å². The van der Waals surface area contributed by atoms with Crippen LogP contribution in [0.1, 0.15) is 16.8 Å². The molecule has 2 saturated heterocycles.